The molecule has 4 nitrogen and oxygen atoms in total. The molecule has 0 bridgehead atoms. The lowest BCUT2D eigenvalue weighted by Crippen LogP contribution is -2.07. The fourth-order valence-electron chi connectivity index (χ4n) is 4.72. The van der Waals surface area contributed by atoms with Crippen LogP contribution in [0.5, 0.6) is 17.2 Å². The Morgan fingerprint density at radius 3 is 2.45 bits per heavy atom. The van der Waals surface area contributed by atoms with Crippen LogP contribution < -0.4 is 19.9 Å². The Kier molecular flexibility index (Phi) is 7.24. The van der Waals surface area contributed by atoms with E-state index in [0.29, 0.717) is 13.2 Å². The first kappa shape index (κ1) is 23.2. The van der Waals surface area contributed by atoms with Crippen LogP contribution in [0, 0.1) is 13.8 Å². The van der Waals surface area contributed by atoms with Gasteiger partial charge in [0.05, 0.1) is 13.2 Å². The molecule has 0 saturated heterocycles. The second kappa shape index (κ2) is 10.3. The maximum Gasteiger partial charge on any atom is 0.127 e. The molecule has 0 saturated carbocycles. The van der Waals surface area contributed by atoms with Crippen LogP contribution in [0.1, 0.15) is 60.6 Å². The number of aryl methyl sites for hydroxylation is 1. The van der Waals surface area contributed by atoms with E-state index in [1.807, 2.05) is 13.0 Å². The molecule has 4 rings (SSSR count). The highest BCUT2D eigenvalue weighted by atomic mass is 16.5. The number of benzene rings is 3. The molecule has 1 atom stereocenters. The van der Waals surface area contributed by atoms with Crippen molar-refractivity contribution in [3.63, 3.8) is 0 Å². The van der Waals surface area contributed by atoms with E-state index in [1.54, 1.807) is 0 Å². The highest BCUT2D eigenvalue weighted by Crippen LogP contribution is 2.43. The van der Waals surface area contributed by atoms with Crippen LogP contribution in [-0.4, -0.2) is 13.2 Å². The van der Waals surface area contributed by atoms with Gasteiger partial charge in [0, 0.05) is 18.2 Å². The highest BCUT2D eigenvalue weighted by molar-refractivity contribution is 5.74. The SMILES string of the molecule is CCCOc1cccc(-c2cccc3c2CC[C@@H]3Oc2cc(OCC)c(CN)cc2C)c1C. The van der Waals surface area contributed by atoms with Crippen molar-refractivity contribution in [1.29, 1.82) is 0 Å². The van der Waals surface area contributed by atoms with E-state index in [1.165, 1.54) is 27.8 Å². The molecule has 0 amide bonds. The number of hydrogen-bond donors (Lipinski definition) is 1. The zero-order valence-electron chi connectivity index (χ0n) is 20.2. The predicted molar refractivity (Wildman–Crippen MR) is 134 cm³/mol. The summed E-state index contributed by atoms with van der Waals surface area (Å²) in [7, 11) is 0. The van der Waals surface area contributed by atoms with E-state index in [9.17, 15) is 0 Å². The number of hydrogen-bond acceptors (Lipinski definition) is 4. The molecule has 33 heavy (non-hydrogen) atoms. The molecule has 0 heterocycles. The minimum atomic E-state index is 0.0247. The maximum atomic E-state index is 6.57. The molecule has 1 aliphatic carbocycles. The quantitative estimate of drug-likeness (QED) is 0.399. The second-order valence-electron chi connectivity index (χ2n) is 8.66. The molecule has 4 heteroatoms. The molecule has 0 aromatic heterocycles. The Hall–Kier alpha value is -2.98. The molecule has 0 radical (unpaired) electrons. The standard InChI is InChI=1S/C29H35NO3/c1-5-15-32-26-12-8-9-22(20(26)4)23-10-7-11-25-24(23)13-14-27(25)33-28-17-29(31-6-2)21(18-30)16-19(28)3/h7-12,16-17,27H,5-6,13-15,18,30H2,1-4H3/t27-/m0/s1. The highest BCUT2D eigenvalue weighted by Gasteiger charge is 2.28. The van der Waals surface area contributed by atoms with Crippen molar-refractivity contribution in [2.24, 2.45) is 5.73 Å². The van der Waals surface area contributed by atoms with Gasteiger partial charge in [0.25, 0.3) is 0 Å². The van der Waals surface area contributed by atoms with Gasteiger partial charge in [0.15, 0.2) is 0 Å². The number of ether oxygens (including phenoxy) is 3. The first-order valence-electron chi connectivity index (χ1n) is 12.0. The second-order valence-corrected chi connectivity index (χ2v) is 8.66. The number of rotatable bonds is 9. The Morgan fingerprint density at radius 2 is 1.70 bits per heavy atom. The van der Waals surface area contributed by atoms with Crippen LogP contribution in [0.2, 0.25) is 0 Å². The Morgan fingerprint density at radius 1 is 0.909 bits per heavy atom. The Bertz CT molecular complexity index is 1120. The molecule has 3 aromatic rings. The van der Waals surface area contributed by atoms with Crippen LogP contribution in [0.25, 0.3) is 11.1 Å². The van der Waals surface area contributed by atoms with Crippen LogP contribution in [0.15, 0.2) is 48.5 Å². The lowest BCUT2D eigenvalue weighted by molar-refractivity contribution is 0.205. The third-order valence-corrected chi connectivity index (χ3v) is 6.40. The van der Waals surface area contributed by atoms with Crippen molar-refractivity contribution in [3.8, 4) is 28.4 Å². The van der Waals surface area contributed by atoms with Gasteiger partial charge in [-0.3, -0.25) is 0 Å². The fourth-order valence-corrected chi connectivity index (χ4v) is 4.72. The van der Waals surface area contributed by atoms with Crippen molar-refractivity contribution in [2.75, 3.05) is 13.2 Å². The van der Waals surface area contributed by atoms with Crippen molar-refractivity contribution >= 4 is 0 Å². The first-order valence-corrected chi connectivity index (χ1v) is 12.0. The van der Waals surface area contributed by atoms with Crippen LogP contribution in [-0.2, 0) is 13.0 Å². The summed E-state index contributed by atoms with van der Waals surface area (Å²) in [6.07, 6.45) is 2.98. The van der Waals surface area contributed by atoms with Crippen molar-refractivity contribution in [2.45, 2.75) is 59.6 Å². The minimum Gasteiger partial charge on any atom is -0.493 e. The smallest absolute Gasteiger partial charge is 0.127 e. The lowest BCUT2D eigenvalue weighted by atomic mass is 9.93. The molecule has 0 spiro atoms. The maximum absolute atomic E-state index is 6.57. The van der Waals surface area contributed by atoms with E-state index in [-0.39, 0.29) is 6.10 Å². The van der Waals surface area contributed by atoms with E-state index in [0.717, 1.165) is 54.2 Å². The molecule has 174 valence electrons. The third kappa shape index (κ3) is 4.72. The summed E-state index contributed by atoms with van der Waals surface area (Å²) in [6, 6.07) is 17.0. The van der Waals surface area contributed by atoms with Gasteiger partial charge in [-0.25, -0.2) is 0 Å². The summed E-state index contributed by atoms with van der Waals surface area (Å²) in [5, 5.41) is 0. The number of fused-ring (bicyclic) bond motifs is 1. The van der Waals surface area contributed by atoms with Crippen LogP contribution >= 0.6 is 0 Å². The monoisotopic (exact) mass is 445 g/mol. The topological polar surface area (TPSA) is 53.7 Å². The first-order chi connectivity index (χ1) is 16.1. The number of nitrogens with two attached hydrogens (primary N) is 1. The zero-order valence-corrected chi connectivity index (χ0v) is 20.2. The van der Waals surface area contributed by atoms with Crippen molar-refractivity contribution in [1.82, 2.24) is 0 Å². The summed E-state index contributed by atoms with van der Waals surface area (Å²) < 4.78 is 18.4. The Balaban J connectivity index is 1.65. The lowest BCUT2D eigenvalue weighted by Gasteiger charge is -2.20. The van der Waals surface area contributed by atoms with Crippen molar-refractivity contribution < 1.29 is 14.2 Å². The van der Waals surface area contributed by atoms with Gasteiger partial charge < -0.3 is 19.9 Å². The zero-order chi connectivity index (χ0) is 23.4. The minimum absolute atomic E-state index is 0.0247. The van der Waals surface area contributed by atoms with E-state index in [4.69, 9.17) is 19.9 Å². The summed E-state index contributed by atoms with van der Waals surface area (Å²) in [4.78, 5) is 0. The third-order valence-electron chi connectivity index (χ3n) is 6.40. The van der Waals surface area contributed by atoms with Gasteiger partial charge in [-0.15, -0.1) is 0 Å². The molecule has 1 aliphatic rings. The van der Waals surface area contributed by atoms with Gasteiger partial charge in [-0.2, -0.15) is 0 Å². The fraction of sp³-hybridized carbons (Fsp3) is 0.379. The summed E-state index contributed by atoms with van der Waals surface area (Å²) >= 11 is 0. The van der Waals surface area contributed by atoms with E-state index >= 15 is 0 Å². The molecule has 0 unspecified atom stereocenters. The van der Waals surface area contributed by atoms with Gasteiger partial charge in [0.2, 0.25) is 0 Å². The van der Waals surface area contributed by atoms with Crippen LogP contribution in [0.3, 0.4) is 0 Å². The van der Waals surface area contributed by atoms with Gasteiger partial charge in [-0.1, -0.05) is 37.3 Å². The van der Waals surface area contributed by atoms with E-state index < -0.39 is 0 Å². The molecular weight excluding hydrogens is 410 g/mol. The molecular formula is C29H35NO3. The van der Waals surface area contributed by atoms with Crippen LogP contribution in [0.4, 0.5) is 0 Å². The Labute approximate surface area is 197 Å². The van der Waals surface area contributed by atoms with E-state index in [2.05, 4.69) is 63.2 Å². The molecule has 0 fully saturated rings. The summed E-state index contributed by atoms with van der Waals surface area (Å²) in [6.45, 7) is 10.1. The average molecular weight is 446 g/mol. The predicted octanol–water partition coefficient (Wildman–Crippen LogP) is 6.68. The van der Waals surface area contributed by atoms with Gasteiger partial charge in [0.1, 0.15) is 23.4 Å². The summed E-state index contributed by atoms with van der Waals surface area (Å²) in [5.74, 6) is 2.65. The largest absolute Gasteiger partial charge is 0.493 e. The molecule has 3 aromatic carbocycles. The average Bonchev–Trinajstić information content (AvgIpc) is 3.23. The van der Waals surface area contributed by atoms with Crippen molar-refractivity contribution in [3.05, 3.63) is 76.3 Å². The molecule has 0 aliphatic heterocycles. The normalized spacial score (nSPS) is 14.8. The summed E-state index contributed by atoms with van der Waals surface area (Å²) in [5.41, 5.74) is 14.4. The van der Waals surface area contributed by atoms with Gasteiger partial charge in [-0.05, 0) is 85.5 Å². The van der Waals surface area contributed by atoms with Gasteiger partial charge >= 0.3 is 0 Å². The molecule has 2 N–H and O–H groups in total.